The number of hydrogen-bond donors (Lipinski definition) is 0. The van der Waals surface area contributed by atoms with Crippen LogP contribution in [0, 0.1) is 0 Å². The molecule has 1 fully saturated rings. The largest absolute Gasteiger partial charge is 0.488 e. The van der Waals surface area contributed by atoms with Gasteiger partial charge in [-0.15, -0.1) is 10.2 Å². The molecule has 5 rings (SSSR count). The molecule has 0 radical (unpaired) electrons. The van der Waals surface area contributed by atoms with E-state index < -0.39 is 0 Å². The molecule has 0 saturated heterocycles. The minimum atomic E-state index is -0.100. The number of halogens is 2. The Kier molecular flexibility index (Phi) is 5.72. The van der Waals surface area contributed by atoms with E-state index in [9.17, 15) is 4.79 Å². The Morgan fingerprint density at radius 3 is 2.66 bits per heavy atom. The van der Waals surface area contributed by atoms with E-state index in [4.69, 9.17) is 32.4 Å². The fourth-order valence-corrected chi connectivity index (χ4v) is 3.79. The van der Waals surface area contributed by atoms with Crippen molar-refractivity contribution in [2.24, 2.45) is 0 Å². The lowest BCUT2D eigenvalue weighted by molar-refractivity contribution is -0.127. The topological polar surface area (TPSA) is 68.5 Å². The summed E-state index contributed by atoms with van der Waals surface area (Å²) in [7, 11) is 0. The molecule has 3 aromatic rings. The van der Waals surface area contributed by atoms with Gasteiger partial charge in [0.25, 0.3) is 0 Å². The molecule has 2 heterocycles. The lowest BCUT2D eigenvalue weighted by Crippen LogP contribution is -2.31. The van der Waals surface area contributed by atoms with Gasteiger partial charge in [0.2, 0.25) is 17.7 Å². The molecule has 8 heteroatoms. The summed E-state index contributed by atoms with van der Waals surface area (Å²) in [6, 6.07) is 12.8. The monoisotopic (exact) mass is 467 g/mol. The van der Waals surface area contributed by atoms with Crippen LogP contribution in [0.5, 0.6) is 5.75 Å². The van der Waals surface area contributed by atoms with Gasteiger partial charge in [0.05, 0.1) is 6.54 Å². The number of rotatable bonds is 6. The zero-order chi connectivity index (χ0) is 22.1. The SMILES string of the molecule is O=C(/C=C/C1=Cc2cc(Cl)ccc2OC1)N(Cc1nnc(-c2ccc(Cl)cc2)o1)C1CC1. The molecule has 6 nitrogen and oxygen atoms in total. The fourth-order valence-electron chi connectivity index (χ4n) is 3.48. The van der Waals surface area contributed by atoms with Gasteiger partial charge in [-0.2, -0.15) is 0 Å². The second kappa shape index (κ2) is 8.81. The van der Waals surface area contributed by atoms with Crippen molar-refractivity contribution in [1.29, 1.82) is 0 Å². The third kappa shape index (κ3) is 4.71. The zero-order valence-electron chi connectivity index (χ0n) is 17.0. The molecule has 2 aromatic carbocycles. The number of carbonyl (C=O) groups is 1. The average Bonchev–Trinajstić information content (AvgIpc) is 3.53. The van der Waals surface area contributed by atoms with Crippen LogP contribution in [0.2, 0.25) is 10.0 Å². The summed E-state index contributed by atoms with van der Waals surface area (Å²) < 4.78 is 11.5. The summed E-state index contributed by atoms with van der Waals surface area (Å²) in [5.41, 5.74) is 2.57. The smallest absolute Gasteiger partial charge is 0.247 e. The lowest BCUT2D eigenvalue weighted by Gasteiger charge is -2.19. The third-order valence-corrected chi connectivity index (χ3v) is 5.77. The van der Waals surface area contributed by atoms with Gasteiger partial charge in [-0.3, -0.25) is 4.79 Å². The number of carbonyl (C=O) groups excluding carboxylic acids is 1. The zero-order valence-corrected chi connectivity index (χ0v) is 18.5. The van der Waals surface area contributed by atoms with Crippen molar-refractivity contribution in [3.05, 3.63) is 81.7 Å². The first kappa shape index (κ1) is 20.8. The highest BCUT2D eigenvalue weighted by molar-refractivity contribution is 6.31. The van der Waals surface area contributed by atoms with Crippen LogP contribution in [0.3, 0.4) is 0 Å². The standard InChI is InChI=1S/C24H19Cl2N3O3/c25-18-4-2-16(3-5-18)24-28-27-22(32-24)13-29(20-7-8-20)23(30)10-1-15-11-17-12-19(26)6-9-21(17)31-14-15/h1-6,9-12,20H,7-8,13-14H2/b10-1+. The van der Waals surface area contributed by atoms with Gasteiger partial charge in [0, 0.05) is 33.3 Å². The Bertz CT molecular complexity index is 1210. The van der Waals surface area contributed by atoms with Crippen molar-refractivity contribution in [1.82, 2.24) is 15.1 Å². The third-order valence-electron chi connectivity index (χ3n) is 5.28. The van der Waals surface area contributed by atoms with Crippen LogP contribution in [-0.2, 0) is 11.3 Å². The number of aromatic nitrogens is 2. The Labute approximate surface area is 195 Å². The molecule has 1 saturated carbocycles. The minimum Gasteiger partial charge on any atom is -0.488 e. The van der Waals surface area contributed by atoms with E-state index in [1.54, 1.807) is 35.3 Å². The second-order valence-electron chi connectivity index (χ2n) is 7.73. The molecule has 1 aliphatic heterocycles. The van der Waals surface area contributed by atoms with Crippen molar-refractivity contribution in [2.45, 2.75) is 25.4 Å². The maximum absolute atomic E-state index is 12.9. The molecule has 162 valence electrons. The summed E-state index contributed by atoms with van der Waals surface area (Å²) in [6.45, 7) is 0.665. The van der Waals surface area contributed by atoms with Crippen molar-refractivity contribution in [3.8, 4) is 17.2 Å². The van der Waals surface area contributed by atoms with E-state index in [2.05, 4.69) is 10.2 Å². The van der Waals surface area contributed by atoms with Gasteiger partial charge < -0.3 is 14.1 Å². The van der Waals surface area contributed by atoms with Crippen LogP contribution in [0.1, 0.15) is 24.3 Å². The maximum atomic E-state index is 12.9. The normalized spacial score (nSPS) is 15.2. The predicted molar refractivity (Wildman–Crippen MR) is 122 cm³/mol. The predicted octanol–water partition coefficient (Wildman–Crippen LogP) is 5.57. The van der Waals surface area contributed by atoms with Gasteiger partial charge in [0.15, 0.2) is 0 Å². The highest BCUT2D eigenvalue weighted by atomic mass is 35.5. The Balaban J connectivity index is 1.29. The maximum Gasteiger partial charge on any atom is 0.247 e. The van der Waals surface area contributed by atoms with E-state index in [1.165, 1.54) is 0 Å². The summed E-state index contributed by atoms with van der Waals surface area (Å²) >= 11 is 12.0. The van der Waals surface area contributed by atoms with E-state index >= 15 is 0 Å². The van der Waals surface area contributed by atoms with Crippen molar-refractivity contribution in [2.75, 3.05) is 6.61 Å². The van der Waals surface area contributed by atoms with E-state index in [-0.39, 0.29) is 18.5 Å². The molecule has 0 unspecified atom stereocenters. The minimum absolute atomic E-state index is 0.100. The molecule has 1 aromatic heterocycles. The summed E-state index contributed by atoms with van der Waals surface area (Å²) in [5, 5.41) is 9.50. The van der Waals surface area contributed by atoms with Gasteiger partial charge in [-0.1, -0.05) is 29.3 Å². The molecule has 1 aliphatic carbocycles. The average molecular weight is 468 g/mol. The molecular formula is C24H19Cl2N3O3. The van der Waals surface area contributed by atoms with E-state index in [1.807, 2.05) is 30.3 Å². The lowest BCUT2D eigenvalue weighted by atomic mass is 10.1. The number of nitrogens with zero attached hydrogens (tertiary/aromatic N) is 3. The van der Waals surface area contributed by atoms with Crippen molar-refractivity contribution < 1.29 is 13.9 Å². The highest BCUT2D eigenvalue weighted by Crippen LogP contribution is 2.31. The van der Waals surface area contributed by atoms with Crippen LogP contribution in [-0.4, -0.2) is 33.7 Å². The summed E-state index contributed by atoms with van der Waals surface area (Å²) in [6.07, 6.45) is 7.27. The van der Waals surface area contributed by atoms with Gasteiger partial charge in [-0.25, -0.2) is 0 Å². The Hall–Kier alpha value is -3.09. The van der Waals surface area contributed by atoms with E-state index in [0.29, 0.717) is 28.4 Å². The van der Waals surface area contributed by atoms with Gasteiger partial charge in [-0.05, 0) is 67.0 Å². The second-order valence-corrected chi connectivity index (χ2v) is 8.60. The fraction of sp³-hybridized carbons (Fsp3) is 0.208. The number of amides is 1. The summed E-state index contributed by atoms with van der Waals surface area (Å²) in [4.78, 5) is 14.7. The molecular weight excluding hydrogens is 449 g/mol. The van der Waals surface area contributed by atoms with Crippen LogP contribution >= 0.6 is 23.2 Å². The van der Waals surface area contributed by atoms with Crippen LogP contribution in [0.4, 0.5) is 0 Å². The van der Waals surface area contributed by atoms with Crippen LogP contribution in [0.15, 0.2) is 64.6 Å². The van der Waals surface area contributed by atoms with Crippen LogP contribution < -0.4 is 4.74 Å². The molecule has 32 heavy (non-hydrogen) atoms. The molecule has 2 aliphatic rings. The first-order valence-corrected chi connectivity index (χ1v) is 11.0. The highest BCUT2D eigenvalue weighted by Gasteiger charge is 2.33. The molecule has 1 amide bonds. The van der Waals surface area contributed by atoms with Gasteiger partial charge in [0.1, 0.15) is 12.4 Å². The number of ether oxygens (including phenoxy) is 1. The van der Waals surface area contributed by atoms with E-state index in [0.717, 1.165) is 35.3 Å². The molecule has 0 bridgehead atoms. The Morgan fingerprint density at radius 1 is 1.09 bits per heavy atom. The molecule has 0 spiro atoms. The quantitative estimate of drug-likeness (QED) is 0.443. The first-order chi connectivity index (χ1) is 15.5. The number of hydrogen-bond acceptors (Lipinski definition) is 5. The van der Waals surface area contributed by atoms with Crippen molar-refractivity contribution in [3.63, 3.8) is 0 Å². The number of fused-ring (bicyclic) bond motifs is 1. The number of benzene rings is 2. The van der Waals surface area contributed by atoms with Crippen molar-refractivity contribution >= 4 is 35.2 Å². The Morgan fingerprint density at radius 2 is 1.88 bits per heavy atom. The summed E-state index contributed by atoms with van der Waals surface area (Å²) in [5.74, 6) is 1.48. The van der Waals surface area contributed by atoms with Gasteiger partial charge >= 0.3 is 0 Å². The first-order valence-electron chi connectivity index (χ1n) is 10.2. The van der Waals surface area contributed by atoms with Crippen LogP contribution in [0.25, 0.3) is 17.5 Å². The molecule has 0 atom stereocenters. The molecule has 0 N–H and O–H groups in total.